The lowest BCUT2D eigenvalue weighted by atomic mass is 9.89. The number of para-hydroxylation sites is 1. The summed E-state index contributed by atoms with van der Waals surface area (Å²) in [6.45, 7) is 4.00. The zero-order chi connectivity index (χ0) is 31.5. The summed E-state index contributed by atoms with van der Waals surface area (Å²) in [5.41, 5.74) is 14.8. The molecule has 2 aromatic heterocycles. The predicted octanol–water partition coefficient (Wildman–Crippen LogP) is 11.1. The smallest absolute Gasteiger partial charge is 0.0555 e. The third kappa shape index (κ3) is 5.26. The normalized spacial score (nSPS) is 12.4. The maximum atomic E-state index is 3.40. The average molecular weight is 616 g/mol. The molecule has 2 N–H and O–H groups in total. The molecule has 0 aliphatic carbocycles. The molecule has 0 radical (unpaired) electrons. The molecule has 6 aromatic carbocycles. The molecule has 0 saturated carbocycles. The number of allylic oxidation sites excluding steroid dienone is 1. The Hall–Kier alpha value is -5.16. The number of fused-ring (bicyclic) bond motifs is 7. The highest BCUT2D eigenvalue weighted by molar-refractivity contribution is 7.26. The van der Waals surface area contributed by atoms with Crippen molar-refractivity contribution in [3.63, 3.8) is 0 Å². The molecule has 0 aliphatic heterocycles. The van der Waals surface area contributed by atoms with Gasteiger partial charge in [-0.05, 0) is 53.1 Å². The molecule has 0 fully saturated rings. The molecule has 8 aromatic rings. The number of hydrazine groups is 1. The quantitative estimate of drug-likeness (QED) is 0.175. The van der Waals surface area contributed by atoms with Crippen LogP contribution >= 0.6 is 11.3 Å². The minimum atomic E-state index is 0.0308. The lowest BCUT2D eigenvalue weighted by Gasteiger charge is -2.19. The maximum absolute atomic E-state index is 3.40. The minimum absolute atomic E-state index is 0.0308. The van der Waals surface area contributed by atoms with E-state index in [4.69, 9.17) is 0 Å². The third-order valence-electron chi connectivity index (χ3n) is 8.51. The number of hydrogen-bond donors (Lipinski definition) is 2. The van der Waals surface area contributed by atoms with Crippen LogP contribution < -0.4 is 10.9 Å². The van der Waals surface area contributed by atoms with Gasteiger partial charge in [-0.15, -0.1) is 11.3 Å². The van der Waals surface area contributed by atoms with E-state index in [2.05, 4.69) is 167 Å². The number of thiophene rings is 1. The monoisotopic (exact) mass is 615 g/mol. The maximum Gasteiger partial charge on any atom is 0.0555 e. The van der Waals surface area contributed by atoms with Crippen LogP contribution in [0, 0.1) is 0 Å². The van der Waals surface area contributed by atoms with Crippen molar-refractivity contribution in [3.8, 4) is 5.69 Å². The minimum Gasteiger partial charge on any atom is -0.321 e. The van der Waals surface area contributed by atoms with Gasteiger partial charge in [-0.25, -0.2) is 5.43 Å². The van der Waals surface area contributed by atoms with Gasteiger partial charge in [0.25, 0.3) is 0 Å². The summed E-state index contributed by atoms with van der Waals surface area (Å²) in [5.74, 6) is 0.0308. The van der Waals surface area contributed by atoms with Crippen molar-refractivity contribution in [3.05, 3.63) is 168 Å². The van der Waals surface area contributed by atoms with Crippen molar-refractivity contribution in [1.82, 2.24) is 15.4 Å². The van der Waals surface area contributed by atoms with E-state index in [1.165, 1.54) is 58.8 Å². The Kier molecular flexibility index (Phi) is 8.39. The van der Waals surface area contributed by atoms with Gasteiger partial charge in [0.15, 0.2) is 0 Å². The fourth-order valence-corrected chi connectivity index (χ4v) is 7.78. The van der Waals surface area contributed by atoms with Crippen LogP contribution in [0.3, 0.4) is 0 Å². The Morgan fingerprint density at radius 2 is 1.28 bits per heavy atom. The Balaban J connectivity index is 0.00000166. The van der Waals surface area contributed by atoms with Crippen LogP contribution in [-0.2, 0) is 0 Å². The summed E-state index contributed by atoms with van der Waals surface area (Å²) < 4.78 is 5.11. The molecule has 1 unspecified atom stereocenters. The van der Waals surface area contributed by atoms with E-state index in [1.54, 1.807) is 0 Å². The Morgan fingerprint density at radius 1 is 0.630 bits per heavy atom. The van der Waals surface area contributed by atoms with E-state index in [0.717, 1.165) is 11.3 Å². The summed E-state index contributed by atoms with van der Waals surface area (Å²) >= 11 is 1.90. The zero-order valence-corrected chi connectivity index (χ0v) is 27.2. The Bertz CT molecular complexity index is 2280. The van der Waals surface area contributed by atoms with Gasteiger partial charge in [0, 0.05) is 49.6 Å². The molecule has 1 atom stereocenters. The summed E-state index contributed by atoms with van der Waals surface area (Å²) in [6.07, 6.45) is 2.34. The molecule has 3 nitrogen and oxygen atoms in total. The van der Waals surface area contributed by atoms with Crippen molar-refractivity contribution < 1.29 is 0 Å². The van der Waals surface area contributed by atoms with Crippen molar-refractivity contribution >= 4 is 59.0 Å². The lowest BCUT2D eigenvalue weighted by molar-refractivity contribution is 0.744. The van der Waals surface area contributed by atoms with Gasteiger partial charge in [-0.1, -0.05) is 129 Å². The van der Waals surface area contributed by atoms with Crippen LogP contribution in [0.25, 0.3) is 53.4 Å². The fraction of sp³-hybridized carbons (Fsp3) is 0.0952. The van der Waals surface area contributed by atoms with Gasteiger partial charge in [-0.3, -0.25) is 0 Å². The van der Waals surface area contributed by atoms with Gasteiger partial charge in [0.1, 0.15) is 0 Å². The first-order valence-electron chi connectivity index (χ1n) is 16.0. The van der Waals surface area contributed by atoms with Gasteiger partial charge in [0.2, 0.25) is 0 Å². The van der Waals surface area contributed by atoms with Gasteiger partial charge < -0.3 is 9.99 Å². The Labute approximate surface area is 274 Å². The van der Waals surface area contributed by atoms with Gasteiger partial charge in [0.05, 0.1) is 16.7 Å². The predicted molar refractivity (Wildman–Crippen MR) is 200 cm³/mol. The van der Waals surface area contributed by atoms with Crippen LogP contribution in [0.15, 0.2) is 152 Å². The fourth-order valence-electron chi connectivity index (χ4n) is 6.52. The molecule has 8 rings (SSSR count). The van der Waals surface area contributed by atoms with E-state index < -0.39 is 0 Å². The molecule has 4 heteroatoms. The molecular formula is C42H37N3S. The second-order valence-electron chi connectivity index (χ2n) is 11.1. The summed E-state index contributed by atoms with van der Waals surface area (Å²) in [5, 5.41) is 5.25. The van der Waals surface area contributed by atoms with Crippen molar-refractivity contribution in [1.29, 1.82) is 0 Å². The van der Waals surface area contributed by atoms with Crippen LogP contribution in [0.2, 0.25) is 0 Å². The summed E-state index contributed by atoms with van der Waals surface area (Å²) in [6, 6.07) is 52.5. The van der Waals surface area contributed by atoms with E-state index in [-0.39, 0.29) is 5.92 Å². The SMILES string of the molecule is CC.CNN/C(=C\C(c1ccccc1)c1ccc2c3c4sc5ccccc5c4ccc3n(-c3ccccc3)c2c1)c1ccccc1. The van der Waals surface area contributed by atoms with Crippen LogP contribution in [0.1, 0.15) is 36.5 Å². The second kappa shape index (κ2) is 13.1. The number of nitrogens with zero attached hydrogens (tertiary/aromatic N) is 1. The van der Waals surface area contributed by atoms with E-state index in [9.17, 15) is 0 Å². The average Bonchev–Trinajstić information content (AvgIpc) is 3.67. The number of nitrogens with one attached hydrogen (secondary N) is 2. The van der Waals surface area contributed by atoms with Gasteiger partial charge in [-0.2, -0.15) is 0 Å². The first-order chi connectivity index (χ1) is 22.8. The second-order valence-corrected chi connectivity index (χ2v) is 12.1. The first-order valence-corrected chi connectivity index (χ1v) is 16.8. The van der Waals surface area contributed by atoms with Gasteiger partial charge >= 0.3 is 0 Å². The van der Waals surface area contributed by atoms with E-state index in [0.29, 0.717) is 0 Å². The zero-order valence-electron chi connectivity index (χ0n) is 26.4. The molecule has 226 valence electrons. The first kappa shape index (κ1) is 29.5. The summed E-state index contributed by atoms with van der Waals surface area (Å²) in [4.78, 5) is 0. The van der Waals surface area contributed by atoms with Crippen LogP contribution in [0.4, 0.5) is 0 Å². The molecule has 0 amide bonds. The molecule has 0 bridgehead atoms. The molecule has 46 heavy (non-hydrogen) atoms. The number of aromatic nitrogens is 1. The number of rotatable bonds is 7. The molecule has 2 heterocycles. The molecule has 0 aliphatic rings. The van der Waals surface area contributed by atoms with Crippen LogP contribution in [-0.4, -0.2) is 11.6 Å². The molecular weight excluding hydrogens is 579 g/mol. The number of benzene rings is 6. The highest BCUT2D eigenvalue weighted by Crippen LogP contribution is 2.44. The third-order valence-corrected chi connectivity index (χ3v) is 9.71. The van der Waals surface area contributed by atoms with Crippen molar-refractivity contribution in [2.75, 3.05) is 7.05 Å². The lowest BCUT2D eigenvalue weighted by Crippen LogP contribution is -2.26. The largest absolute Gasteiger partial charge is 0.321 e. The topological polar surface area (TPSA) is 29.0 Å². The van der Waals surface area contributed by atoms with Crippen molar-refractivity contribution in [2.24, 2.45) is 0 Å². The Morgan fingerprint density at radius 3 is 2.02 bits per heavy atom. The highest BCUT2D eigenvalue weighted by Gasteiger charge is 2.20. The molecule has 0 spiro atoms. The summed E-state index contributed by atoms with van der Waals surface area (Å²) in [7, 11) is 1.91. The van der Waals surface area contributed by atoms with Crippen molar-refractivity contribution in [2.45, 2.75) is 19.8 Å². The van der Waals surface area contributed by atoms with E-state index >= 15 is 0 Å². The highest BCUT2D eigenvalue weighted by atomic mass is 32.1. The van der Waals surface area contributed by atoms with E-state index in [1.807, 2.05) is 32.2 Å². The molecule has 0 saturated heterocycles. The number of hydrogen-bond acceptors (Lipinski definition) is 3. The van der Waals surface area contributed by atoms with Crippen LogP contribution in [0.5, 0.6) is 0 Å². The standard InChI is InChI=1S/C40H31N3S.C2H6/c1-41-42-35(28-15-7-3-8-16-28)26-34(27-13-5-2-6-14-27)29-21-22-33-37(25-29)43(30-17-9-4-10-18-30)36-24-23-32-31-19-11-12-20-38(31)44-40(32)39(33)36;1-2/h2-26,34,41-42H,1H3;1-2H3/b35-26-;.